The summed E-state index contributed by atoms with van der Waals surface area (Å²) in [7, 11) is -3.79. The van der Waals surface area contributed by atoms with Crippen LogP contribution in [0.5, 0.6) is 0 Å². The van der Waals surface area contributed by atoms with Crippen LogP contribution in [0.4, 0.5) is 5.69 Å². The molecule has 7 heteroatoms. The first-order valence-corrected chi connectivity index (χ1v) is 13.1. The Balaban J connectivity index is 0.000000253. The van der Waals surface area contributed by atoms with Crippen molar-refractivity contribution in [1.29, 1.82) is 0 Å². The molecule has 0 aliphatic rings. The molecule has 2 aromatic heterocycles. The fourth-order valence-corrected chi connectivity index (χ4v) is 4.51. The summed E-state index contributed by atoms with van der Waals surface area (Å²) in [6, 6.07) is 38.1. The Morgan fingerprint density at radius 1 is 0.684 bits per heavy atom. The average molecular weight is 610 g/mol. The molecule has 0 aliphatic carbocycles. The number of aromatic nitrogens is 2. The van der Waals surface area contributed by atoms with Crippen LogP contribution in [0.2, 0.25) is 0 Å². The zero-order valence-corrected chi connectivity index (χ0v) is 23.0. The van der Waals surface area contributed by atoms with E-state index in [0.717, 1.165) is 27.2 Å². The summed E-state index contributed by atoms with van der Waals surface area (Å²) >= 11 is 0. The van der Waals surface area contributed by atoms with E-state index in [1.807, 2.05) is 85.8 Å². The normalized spacial score (nSPS) is 10.2. The Morgan fingerprint density at radius 2 is 1.34 bits per heavy atom. The maximum atomic E-state index is 12.7. The maximum absolute atomic E-state index is 12.7. The van der Waals surface area contributed by atoms with Crippen LogP contribution in [0.25, 0.3) is 26.4 Å². The number of fused-ring (bicyclic) bond motifs is 3. The zero-order valence-electron chi connectivity index (χ0n) is 20.6. The summed E-state index contributed by atoms with van der Waals surface area (Å²) in [5, 5.41) is 2.60. The number of hydrogen-bond acceptors (Lipinski definition) is 4. The molecule has 0 saturated carbocycles. The van der Waals surface area contributed by atoms with Gasteiger partial charge in [0.2, 0.25) is 0 Å². The topological polar surface area (TPSA) is 74.0 Å². The van der Waals surface area contributed by atoms with Gasteiger partial charge in [-0.05, 0) is 48.0 Å². The average Bonchev–Trinajstić information content (AvgIpc) is 2.95. The molecule has 0 bridgehead atoms. The predicted octanol–water partition coefficient (Wildman–Crippen LogP) is 7.66. The second kappa shape index (κ2) is 14.2. The van der Waals surface area contributed by atoms with Gasteiger partial charge >= 0.3 is 20.4 Å². The van der Waals surface area contributed by atoms with Crippen LogP contribution in [0, 0.1) is 13.0 Å². The molecule has 0 aliphatic heterocycles. The number of pyridine rings is 2. The van der Waals surface area contributed by atoms with E-state index >= 15 is 0 Å². The molecule has 0 amide bonds. The van der Waals surface area contributed by atoms with E-state index in [1.165, 1.54) is 0 Å². The first kappa shape index (κ1) is 28.7. The molecule has 5 nitrogen and oxygen atoms in total. The van der Waals surface area contributed by atoms with Crippen molar-refractivity contribution in [2.45, 2.75) is 11.8 Å². The van der Waals surface area contributed by atoms with Crippen LogP contribution < -0.4 is 0 Å². The summed E-state index contributed by atoms with van der Waals surface area (Å²) in [6.07, 6.45) is 5.20. The molecule has 0 radical (unpaired) electrons. The van der Waals surface area contributed by atoms with Gasteiger partial charge in [0.1, 0.15) is 10.0 Å². The van der Waals surface area contributed by atoms with Gasteiger partial charge in [-0.15, -0.1) is 5.69 Å². The third-order valence-electron chi connectivity index (χ3n) is 5.30. The second-order valence-corrected chi connectivity index (χ2v) is 9.60. The van der Waals surface area contributed by atoms with Gasteiger partial charge in [-0.3, -0.25) is 9.97 Å². The fraction of sp³-hybridized carbons (Fsp3) is 0.0323. The van der Waals surface area contributed by atoms with E-state index in [9.17, 15) is 8.42 Å². The molecule has 6 rings (SSSR count). The van der Waals surface area contributed by atoms with Gasteiger partial charge < -0.3 is 4.72 Å². The maximum Gasteiger partial charge on any atom is 2.00 e. The fourth-order valence-electron chi connectivity index (χ4n) is 3.52. The zero-order chi connectivity index (χ0) is 25.9. The van der Waals surface area contributed by atoms with E-state index in [0.29, 0.717) is 5.69 Å². The van der Waals surface area contributed by atoms with Crippen LogP contribution in [0.15, 0.2) is 139 Å². The molecule has 0 spiro atoms. The molecule has 6 aromatic rings. The Labute approximate surface area is 237 Å². The number of rotatable bonds is 3. The molecule has 0 unspecified atom stereocenters. The molecule has 0 N–H and O–H groups in total. The summed E-state index contributed by atoms with van der Waals surface area (Å²) < 4.78 is 29.5. The number of hydrogen-bond donors (Lipinski definition) is 0. The van der Waals surface area contributed by atoms with E-state index < -0.39 is 10.0 Å². The smallest absolute Gasteiger partial charge is 0.572 e. The first-order chi connectivity index (χ1) is 18.0. The molecule has 4 aromatic carbocycles. The standard InChI is InChI=1S/C20H15N2O2S.C6H5.C5H5N.Pd/c1-14-7-11-17(12-8-14)25(23,24)22-18-6-2-4-15-9-10-16-5-3-13-21-20(16)19(15)18;2*1-2-4-6-5-3-1;/h2-13H,1H3;2*1-5H;/q2*-1;;+2. The third-order valence-corrected chi connectivity index (χ3v) is 6.61. The quantitative estimate of drug-likeness (QED) is 0.117. The van der Waals surface area contributed by atoms with Crippen LogP contribution in [-0.4, -0.2) is 18.4 Å². The minimum atomic E-state index is -3.79. The predicted molar refractivity (Wildman–Crippen MR) is 150 cm³/mol. The number of aryl methyl sites for hydroxylation is 1. The van der Waals surface area contributed by atoms with E-state index in [4.69, 9.17) is 0 Å². The molecule has 2 heterocycles. The molecule has 0 fully saturated rings. The van der Waals surface area contributed by atoms with Crippen molar-refractivity contribution in [1.82, 2.24) is 9.97 Å². The molecule has 0 atom stereocenters. The van der Waals surface area contributed by atoms with Crippen molar-refractivity contribution in [2.75, 3.05) is 0 Å². The number of sulfonamides is 1. The summed E-state index contributed by atoms with van der Waals surface area (Å²) in [6.45, 7) is 1.91. The minimum absolute atomic E-state index is 0. The Morgan fingerprint density at radius 3 is 1.92 bits per heavy atom. The molecule has 38 heavy (non-hydrogen) atoms. The SMILES string of the molecule is Cc1ccc(S(=O)(=O)[N-]c2cccc3ccc4cccnc4c23)cc1.[Pd+2].[c-]1ccccc1.c1ccncc1. The van der Waals surface area contributed by atoms with Gasteiger partial charge in [0, 0.05) is 24.0 Å². The van der Waals surface area contributed by atoms with Crippen LogP contribution in [0.1, 0.15) is 5.56 Å². The van der Waals surface area contributed by atoms with Crippen molar-refractivity contribution >= 4 is 37.4 Å². The molecular formula is C31H25N3O2PdS. The molecular weight excluding hydrogens is 585 g/mol. The molecule has 192 valence electrons. The second-order valence-electron chi connectivity index (χ2n) is 8.00. The summed E-state index contributed by atoms with van der Waals surface area (Å²) in [4.78, 5) is 8.40. The van der Waals surface area contributed by atoms with Crippen LogP contribution in [-0.2, 0) is 30.4 Å². The Bertz CT molecular complexity index is 1580. The monoisotopic (exact) mass is 609 g/mol. The summed E-state index contributed by atoms with van der Waals surface area (Å²) in [5.41, 5.74) is 2.15. The third kappa shape index (κ3) is 7.80. The summed E-state index contributed by atoms with van der Waals surface area (Å²) in [5.74, 6) is 0. The Hall–Kier alpha value is -3.89. The van der Waals surface area contributed by atoms with Gasteiger partial charge in [0.25, 0.3) is 0 Å². The van der Waals surface area contributed by atoms with E-state index in [2.05, 4.69) is 20.8 Å². The molecule has 0 saturated heterocycles. The van der Waals surface area contributed by atoms with Crippen LogP contribution in [0.3, 0.4) is 0 Å². The van der Waals surface area contributed by atoms with Gasteiger partial charge in [0.05, 0.1) is 10.4 Å². The number of benzene rings is 4. The van der Waals surface area contributed by atoms with Gasteiger partial charge in [-0.1, -0.05) is 60.2 Å². The van der Waals surface area contributed by atoms with Crippen LogP contribution >= 0.6 is 0 Å². The number of nitrogens with zero attached hydrogens (tertiary/aromatic N) is 3. The van der Waals surface area contributed by atoms with Crippen molar-refractivity contribution in [2.24, 2.45) is 0 Å². The first-order valence-electron chi connectivity index (χ1n) is 11.6. The van der Waals surface area contributed by atoms with E-state index in [-0.39, 0.29) is 25.3 Å². The van der Waals surface area contributed by atoms with Gasteiger partial charge in [-0.2, -0.15) is 36.4 Å². The van der Waals surface area contributed by atoms with Gasteiger partial charge in [-0.25, -0.2) is 8.42 Å². The Kier molecular flexibility index (Phi) is 10.7. The van der Waals surface area contributed by atoms with Crippen molar-refractivity contribution in [3.63, 3.8) is 0 Å². The van der Waals surface area contributed by atoms with Crippen molar-refractivity contribution < 1.29 is 28.8 Å². The van der Waals surface area contributed by atoms with E-state index in [1.54, 1.807) is 55.0 Å². The minimum Gasteiger partial charge on any atom is -0.572 e. The largest absolute Gasteiger partial charge is 2.00 e. The van der Waals surface area contributed by atoms with Crippen molar-refractivity contribution in [3.05, 3.63) is 150 Å². The van der Waals surface area contributed by atoms with Gasteiger partial charge in [0.15, 0.2) is 0 Å². The van der Waals surface area contributed by atoms with Crippen molar-refractivity contribution in [3.8, 4) is 0 Å².